The van der Waals surface area contributed by atoms with E-state index in [1.807, 2.05) is 4.90 Å². The molecule has 0 saturated carbocycles. The average Bonchev–Trinajstić information content (AvgIpc) is 3.19. The number of halogens is 1. The first-order chi connectivity index (χ1) is 10.3. The van der Waals surface area contributed by atoms with Crippen LogP contribution in [0.15, 0.2) is 5.38 Å². The Hall–Kier alpha value is -0.690. The van der Waals surface area contributed by atoms with Gasteiger partial charge in [0.2, 0.25) is 5.91 Å². The van der Waals surface area contributed by atoms with E-state index in [1.54, 1.807) is 11.3 Å². The maximum atomic E-state index is 12.3. The van der Waals surface area contributed by atoms with Crippen LogP contribution in [0.25, 0.3) is 0 Å². The van der Waals surface area contributed by atoms with Crippen molar-refractivity contribution in [3.05, 3.63) is 16.1 Å². The van der Waals surface area contributed by atoms with Crippen LogP contribution in [0.5, 0.6) is 0 Å². The lowest BCUT2D eigenvalue weighted by atomic mass is 10.2. The first-order valence-electron chi connectivity index (χ1n) is 7.94. The van der Waals surface area contributed by atoms with Gasteiger partial charge in [0.1, 0.15) is 0 Å². The Bertz CT molecular complexity index is 482. The van der Waals surface area contributed by atoms with Crippen molar-refractivity contribution in [2.75, 3.05) is 32.7 Å². The molecule has 1 aromatic heterocycles. The highest BCUT2D eigenvalue weighted by Gasteiger charge is 2.29. The van der Waals surface area contributed by atoms with E-state index < -0.39 is 0 Å². The van der Waals surface area contributed by atoms with Crippen molar-refractivity contribution in [2.45, 2.75) is 38.8 Å². The zero-order valence-electron chi connectivity index (χ0n) is 13.1. The first kappa shape index (κ1) is 17.7. The summed E-state index contributed by atoms with van der Waals surface area (Å²) in [5.41, 5.74) is 1.18. The molecule has 0 bridgehead atoms. The van der Waals surface area contributed by atoms with Gasteiger partial charge in [-0.2, -0.15) is 0 Å². The summed E-state index contributed by atoms with van der Waals surface area (Å²) in [7, 11) is 0. The first-order valence-corrected chi connectivity index (χ1v) is 8.82. The van der Waals surface area contributed by atoms with Crippen LogP contribution in [0.3, 0.4) is 0 Å². The van der Waals surface area contributed by atoms with Gasteiger partial charge in [0.05, 0.1) is 16.7 Å². The van der Waals surface area contributed by atoms with Gasteiger partial charge in [0.25, 0.3) is 0 Å². The number of amides is 1. The molecule has 1 atom stereocenters. The lowest BCUT2D eigenvalue weighted by Crippen LogP contribution is -2.52. The number of hydrogen-bond acceptors (Lipinski definition) is 5. The van der Waals surface area contributed by atoms with Crippen LogP contribution in [0.1, 0.15) is 30.5 Å². The number of nitrogens with one attached hydrogen (secondary N) is 1. The summed E-state index contributed by atoms with van der Waals surface area (Å²) in [4.78, 5) is 21.4. The Kier molecular flexibility index (Phi) is 6.62. The molecule has 0 spiro atoms. The quantitative estimate of drug-likeness (QED) is 0.899. The van der Waals surface area contributed by atoms with Crippen molar-refractivity contribution in [3.8, 4) is 0 Å². The summed E-state index contributed by atoms with van der Waals surface area (Å²) in [6, 6.07) is 0.0715. The van der Waals surface area contributed by atoms with Crippen molar-refractivity contribution in [3.63, 3.8) is 0 Å². The second-order valence-corrected chi connectivity index (χ2v) is 6.78. The number of rotatable bonds is 4. The number of hydrogen-bond donors (Lipinski definition) is 1. The minimum atomic E-state index is 0. The van der Waals surface area contributed by atoms with E-state index in [-0.39, 0.29) is 18.4 Å². The fraction of sp³-hybridized carbons (Fsp3) is 0.733. The Morgan fingerprint density at radius 1 is 1.41 bits per heavy atom. The molecule has 1 unspecified atom stereocenters. The molecular formula is C15H25ClN4OS. The average molecular weight is 345 g/mol. The number of piperazine rings is 1. The molecule has 7 heteroatoms. The molecule has 3 rings (SSSR count). The van der Waals surface area contributed by atoms with E-state index in [0.717, 1.165) is 58.5 Å². The monoisotopic (exact) mass is 344 g/mol. The standard InChI is InChI=1S/C15H24N4OS.ClH/c1-2-14-17-12(11-21-14)10-18-6-8-19(9-7-18)15(20)13-4-3-5-16-13;/h11,13,16H,2-10H2,1H3;1H. The van der Waals surface area contributed by atoms with Gasteiger partial charge >= 0.3 is 0 Å². The van der Waals surface area contributed by atoms with E-state index in [0.29, 0.717) is 5.91 Å². The zero-order valence-corrected chi connectivity index (χ0v) is 14.7. The summed E-state index contributed by atoms with van der Waals surface area (Å²) in [5.74, 6) is 0.300. The number of aryl methyl sites for hydroxylation is 1. The molecule has 0 radical (unpaired) electrons. The van der Waals surface area contributed by atoms with E-state index in [9.17, 15) is 4.79 Å². The van der Waals surface area contributed by atoms with Crippen LogP contribution in [0.4, 0.5) is 0 Å². The highest BCUT2D eigenvalue weighted by Crippen LogP contribution is 2.15. The van der Waals surface area contributed by atoms with Crippen LogP contribution in [-0.2, 0) is 17.8 Å². The lowest BCUT2D eigenvalue weighted by molar-refractivity contribution is -0.134. The van der Waals surface area contributed by atoms with Crippen molar-refractivity contribution in [1.29, 1.82) is 0 Å². The molecule has 1 aromatic rings. The highest BCUT2D eigenvalue weighted by atomic mass is 35.5. The molecule has 1 N–H and O–H groups in total. The van der Waals surface area contributed by atoms with E-state index in [1.165, 1.54) is 10.7 Å². The predicted octanol–water partition coefficient (Wildman–Crippen LogP) is 1.52. The summed E-state index contributed by atoms with van der Waals surface area (Å²) in [6.45, 7) is 7.66. The molecule has 2 aliphatic rings. The SMILES string of the molecule is CCc1nc(CN2CCN(C(=O)C3CCCN3)CC2)cs1.Cl. The van der Waals surface area contributed by atoms with Crippen LogP contribution in [-0.4, -0.2) is 59.5 Å². The topological polar surface area (TPSA) is 48.5 Å². The third kappa shape index (κ3) is 4.19. The Morgan fingerprint density at radius 3 is 2.77 bits per heavy atom. The smallest absolute Gasteiger partial charge is 0.239 e. The van der Waals surface area contributed by atoms with Gasteiger partial charge in [0.15, 0.2) is 0 Å². The van der Waals surface area contributed by atoms with Crippen LogP contribution >= 0.6 is 23.7 Å². The molecule has 22 heavy (non-hydrogen) atoms. The van der Waals surface area contributed by atoms with E-state index in [2.05, 4.69) is 27.5 Å². The van der Waals surface area contributed by atoms with Crippen molar-refractivity contribution in [2.24, 2.45) is 0 Å². The second-order valence-electron chi connectivity index (χ2n) is 5.84. The highest BCUT2D eigenvalue weighted by molar-refractivity contribution is 7.09. The molecule has 2 fully saturated rings. The summed E-state index contributed by atoms with van der Waals surface area (Å²) in [6.07, 6.45) is 3.14. The summed E-state index contributed by atoms with van der Waals surface area (Å²) in [5, 5.41) is 6.68. The normalized spacial score (nSPS) is 22.6. The van der Waals surface area contributed by atoms with Gasteiger partial charge in [0, 0.05) is 38.1 Å². The van der Waals surface area contributed by atoms with Gasteiger partial charge < -0.3 is 10.2 Å². The maximum Gasteiger partial charge on any atom is 0.239 e. The predicted molar refractivity (Wildman–Crippen MR) is 91.6 cm³/mol. The van der Waals surface area contributed by atoms with Gasteiger partial charge in [-0.1, -0.05) is 6.92 Å². The van der Waals surface area contributed by atoms with Crippen molar-refractivity contribution < 1.29 is 4.79 Å². The Balaban J connectivity index is 0.00000176. The molecule has 2 aliphatic heterocycles. The molecule has 0 aromatic carbocycles. The van der Waals surface area contributed by atoms with Gasteiger partial charge in [-0.3, -0.25) is 9.69 Å². The fourth-order valence-corrected chi connectivity index (χ4v) is 3.79. The maximum absolute atomic E-state index is 12.3. The lowest BCUT2D eigenvalue weighted by Gasteiger charge is -2.35. The number of carbonyl (C=O) groups excluding carboxylic acids is 1. The number of nitrogens with zero attached hydrogens (tertiary/aromatic N) is 3. The number of aromatic nitrogens is 1. The number of thiazole rings is 1. The minimum absolute atomic E-state index is 0. The van der Waals surface area contributed by atoms with Crippen molar-refractivity contribution >= 4 is 29.7 Å². The summed E-state index contributed by atoms with van der Waals surface area (Å²) >= 11 is 1.75. The summed E-state index contributed by atoms with van der Waals surface area (Å²) < 4.78 is 0. The van der Waals surface area contributed by atoms with E-state index in [4.69, 9.17) is 0 Å². The van der Waals surface area contributed by atoms with Gasteiger partial charge in [-0.15, -0.1) is 23.7 Å². The van der Waals surface area contributed by atoms with Crippen LogP contribution in [0, 0.1) is 0 Å². The fourth-order valence-electron chi connectivity index (χ4n) is 3.06. The Morgan fingerprint density at radius 2 is 2.18 bits per heavy atom. The van der Waals surface area contributed by atoms with E-state index >= 15 is 0 Å². The minimum Gasteiger partial charge on any atom is -0.339 e. The molecule has 0 aliphatic carbocycles. The number of carbonyl (C=O) groups is 1. The van der Waals surface area contributed by atoms with Gasteiger partial charge in [-0.05, 0) is 25.8 Å². The molecule has 2 saturated heterocycles. The molecule has 124 valence electrons. The molecule has 1 amide bonds. The molecule has 3 heterocycles. The second kappa shape index (κ2) is 8.24. The molecule has 5 nitrogen and oxygen atoms in total. The molecular weight excluding hydrogens is 320 g/mol. The van der Waals surface area contributed by atoms with Gasteiger partial charge in [-0.25, -0.2) is 4.98 Å². The third-order valence-corrected chi connectivity index (χ3v) is 5.37. The van der Waals surface area contributed by atoms with Crippen LogP contribution < -0.4 is 5.32 Å². The van der Waals surface area contributed by atoms with Crippen molar-refractivity contribution in [1.82, 2.24) is 20.1 Å². The Labute approximate surface area is 142 Å². The van der Waals surface area contributed by atoms with Crippen LogP contribution in [0.2, 0.25) is 0 Å². The largest absolute Gasteiger partial charge is 0.339 e. The third-order valence-electron chi connectivity index (χ3n) is 4.33. The zero-order chi connectivity index (χ0) is 14.7.